The third-order valence-corrected chi connectivity index (χ3v) is 12.2. The number of methoxy groups -OCH3 is 2. The van der Waals surface area contributed by atoms with Gasteiger partial charge in [0.25, 0.3) is 0 Å². The molecule has 3 N–H and O–H groups in total. The normalized spacial score (nSPS) is 26.0. The van der Waals surface area contributed by atoms with Crippen molar-refractivity contribution in [2.45, 2.75) is 169 Å². The van der Waals surface area contributed by atoms with Gasteiger partial charge in [0.15, 0.2) is 0 Å². The van der Waals surface area contributed by atoms with Crippen molar-refractivity contribution < 1.29 is 43.0 Å². The van der Waals surface area contributed by atoms with Gasteiger partial charge in [0.1, 0.15) is 6.61 Å². The molecule has 344 valence electrons. The molecule has 4 aliphatic carbocycles. The molecule has 11 heteroatoms. The molecule has 4 saturated carbocycles. The van der Waals surface area contributed by atoms with Gasteiger partial charge in [-0.2, -0.15) is 5.48 Å². The number of unbranched alkanes of at least 4 members (excludes halogenated alkanes) is 1. The van der Waals surface area contributed by atoms with Crippen LogP contribution in [-0.4, -0.2) is 72.0 Å². The minimum absolute atomic E-state index is 0. The lowest BCUT2D eigenvalue weighted by Gasteiger charge is -2.34. The quantitative estimate of drug-likeness (QED) is 0.0473. The van der Waals surface area contributed by atoms with Gasteiger partial charge in [-0.3, -0.25) is 19.2 Å². The first kappa shape index (κ1) is 56.3. The van der Waals surface area contributed by atoms with E-state index in [1.165, 1.54) is 151 Å². The lowest BCUT2D eigenvalue weighted by atomic mass is 9.71. The van der Waals surface area contributed by atoms with Crippen LogP contribution in [0, 0.1) is 47.3 Å². The largest absolute Gasteiger partial charge is 0.469 e. The van der Waals surface area contributed by atoms with E-state index in [4.69, 9.17) is 14.2 Å². The molecule has 8 atom stereocenters. The highest BCUT2D eigenvalue weighted by Gasteiger charge is 2.30. The summed E-state index contributed by atoms with van der Waals surface area (Å²) in [4.78, 5) is 48.0. The molecule has 4 rings (SSSR count). The van der Waals surface area contributed by atoms with E-state index in [9.17, 15) is 19.2 Å². The Morgan fingerprint density at radius 1 is 0.627 bits per heavy atom. The highest BCUT2D eigenvalue weighted by atomic mass is 16.7. The summed E-state index contributed by atoms with van der Waals surface area (Å²) in [6.45, 7) is 6.28. The number of nitrogens with two attached hydrogens (primary N) is 1. The zero-order valence-electron chi connectivity index (χ0n) is 37.7. The molecule has 0 bridgehead atoms. The van der Waals surface area contributed by atoms with Gasteiger partial charge in [-0.15, -0.1) is 5.73 Å². The van der Waals surface area contributed by atoms with Crippen LogP contribution in [0.1, 0.15) is 169 Å². The van der Waals surface area contributed by atoms with Gasteiger partial charge in [0, 0.05) is 40.8 Å². The zero-order chi connectivity index (χ0) is 43.0. The van der Waals surface area contributed by atoms with Crippen LogP contribution in [0.2, 0.25) is 0 Å². The lowest BCUT2D eigenvalue weighted by molar-refractivity contribution is -0.147. The molecule has 0 aliphatic heterocycles. The van der Waals surface area contributed by atoms with Crippen LogP contribution in [-0.2, 0) is 43.0 Å². The van der Waals surface area contributed by atoms with E-state index in [1.807, 2.05) is 0 Å². The summed E-state index contributed by atoms with van der Waals surface area (Å²) in [7, 11) is 6.02. The Hall–Kier alpha value is -2.72. The molecule has 0 aromatic carbocycles. The Morgan fingerprint density at radius 2 is 1.03 bits per heavy atom. The molecular weight excluding hydrogens is 749 g/mol. The second-order valence-electron chi connectivity index (χ2n) is 17.0. The van der Waals surface area contributed by atoms with E-state index >= 15 is 0 Å². The fourth-order valence-electron chi connectivity index (χ4n) is 9.57. The SMILES string of the molecule is C.CCCCOC(=O)CC1CCCC(CC2CCCC(C=C=CC3CCCC(CC4CCCC(CC(=O)OCCOC)C4)C3)C2)C1.CN.CNOC(C)=O.COC(C)=O. The number of ether oxygens (including phenoxy) is 4. The minimum Gasteiger partial charge on any atom is -0.469 e. The third kappa shape index (κ3) is 28.4. The fourth-order valence-corrected chi connectivity index (χ4v) is 9.57. The van der Waals surface area contributed by atoms with E-state index in [2.05, 4.69) is 45.6 Å². The topological polar surface area (TPSA) is 152 Å². The molecule has 0 aromatic rings. The molecule has 0 amide bonds. The Labute approximate surface area is 360 Å². The van der Waals surface area contributed by atoms with E-state index in [1.54, 1.807) is 7.11 Å². The molecule has 0 aromatic heterocycles. The molecular formula is C48H88N2O9. The number of carbonyl (C=O) groups is 4. The van der Waals surface area contributed by atoms with Gasteiger partial charge < -0.3 is 29.5 Å². The Balaban J connectivity index is 0.00000210. The van der Waals surface area contributed by atoms with Gasteiger partial charge >= 0.3 is 23.9 Å². The lowest BCUT2D eigenvalue weighted by Crippen LogP contribution is -2.23. The first-order chi connectivity index (χ1) is 28.0. The first-order valence-corrected chi connectivity index (χ1v) is 22.7. The van der Waals surface area contributed by atoms with Gasteiger partial charge in [0.05, 0.1) is 20.3 Å². The van der Waals surface area contributed by atoms with Crippen LogP contribution >= 0.6 is 0 Å². The molecule has 11 nitrogen and oxygen atoms in total. The van der Waals surface area contributed by atoms with Crippen molar-refractivity contribution in [3.63, 3.8) is 0 Å². The maximum Gasteiger partial charge on any atom is 0.321 e. The molecule has 0 radical (unpaired) electrons. The first-order valence-electron chi connectivity index (χ1n) is 22.7. The predicted octanol–water partition coefficient (Wildman–Crippen LogP) is 10.1. The number of hydroxylamine groups is 1. The summed E-state index contributed by atoms with van der Waals surface area (Å²) >= 11 is 0. The summed E-state index contributed by atoms with van der Waals surface area (Å²) in [5, 5.41) is 0. The molecule has 59 heavy (non-hydrogen) atoms. The number of carbonyl (C=O) groups excluding carboxylic acids is 4. The van der Waals surface area contributed by atoms with Gasteiger partial charge in [-0.25, -0.2) is 0 Å². The van der Waals surface area contributed by atoms with E-state index < -0.39 is 0 Å². The second kappa shape index (κ2) is 36.0. The summed E-state index contributed by atoms with van der Waals surface area (Å²) in [6, 6.07) is 0. The Morgan fingerprint density at radius 3 is 1.41 bits per heavy atom. The van der Waals surface area contributed by atoms with E-state index in [0.717, 1.165) is 36.5 Å². The molecule has 4 fully saturated rings. The van der Waals surface area contributed by atoms with Gasteiger partial charge in [0.2, 0.25) is 0 Å². The maximum absolute atomic E-state index is 12.3. The number of esters is 3. The maximum atomic E-state index is 12.3. The molecule has 8 unspecified atom stereocenters. The highest BCUT2D eigenvalue weighted by Crippen LogP contribution is 2.42. The Bertz CT molecular complexity index is 1100. The fraction of sp³-hybridized carbons (Fsp3) is 0.854. The molecule has 0 saturated heterocycles. The van der Waals surface area contributed by atoms with Gasteiger partial charge in [-0.05, 0) is 137 Å². The van der Waals surface area contributed by atoms with Crippen LogP contribution < -0.4 is 11.2 Å². The average molecular weight is 837 g/mol. The van der Waals surface area contributed by atoms with Crippen LogP contribution in [0.3, 0.4) is 0 Å². The Kier molecular flexibility index (Phi) is 34.3. The van der Waals surface area contributed by atoms with Crippen molar-refractivity contribution in [2.24, 2.45) is 53.1 Å². The number of rotatable bonds is 17. The standard InChI is InChI=1S/C40H66O5.C3H7NO2.C3H6O2.CH5N.CH4/c1-3-4-20-44-39(41)29-37-18-8-16-35(27-37)25-33-14-6-12-31(23-33)10-5-11-32-13-7-15-34(24-32)26-36-17-9-19-38(28-36)30-40(42)45-22-21-43-2;1-3(5)6-4-2;1-3(4)5-2;1-2;/h10-11,31-38H,3-4,6-9,12-30H2,1-2H3;4H,1-2H3;1-2H3;2H2,1H3;1H4. The number of allylic oxidation sites excluding steroid dienone is 1. The van der Waals surface area contributed by atoms with Crippen molar-refractivity contribution in [2.75, 3.05) is 48.1 Å². The van der Waals surface area contributed by atoms with E-state index in [-0.39, 0.29) is 31.3 Å². The van der Waals surface area contributed by atoms with Crippen molar-refractivity contribution in [3.8, 4) is 0 Å². The summed E-state index contributed by atoms with van der Waals surface area (Å²) < 4.78 is 19.9. The van der Waals surface area contributed by atoms with Crippen molar-refractivity contribution in [1.29, 1.82) is 0 Å². The molecule has 4 aliphatic rings. The smallest absolute Gasteiger partial charge is 0.321 e. The van der Waals surface area contributed by atoms with Crippen LogP contribution in [0.25, 0.3) is 0 Å². The summed E-state index contributed by atoms with van der Waals surface area (Å²) in [6.07, 6.45) is 31.6. The number of nitrogens with one attached hydrogen (secondary N) is 1. The molecule has 0 heterocycles. The van der Waals surface area contributed by atoms with Crippen molar-refractivity contribution in [3.05, 3.63) is 17.9 Å². The van der Waals surface area contributed by atoms with E-state index in [0.29, 0.717) is 56.3 Å². The second-order valence-corrected chi connectivity index (χ2v) is 17.0. The monoisotopic (exact) mass is 837 g/mol. The number of hydrogen-bond acceptors (Lipinski definition) is 11. The van der Waals surface area contributed by atoms with Crippen LogP contribution in [0.15, 0.2) is 17.9 Å². The third-order valence-electron chi connectivity index (χ3n) is 12.2. The molecule has 0 spiro atoms. The van der Waals surface area contributed by atoms with Crippen molar-refractivity contribution >= 4 is 23.9 Å². The minimum atomic E-state index is -0.322. The highest BCUT2D eigenvalue weighted by molar-refractivity contribution is 5.70. The summed E-state index contributed by atoms with van der Waals surface area (Å²) in [5.74, 6) is 5.06. The van der Waals surface area contributed by atoms with Gasteiger partial charge in [-0.1, -0.05) is 72.1 Å². The van der Waals surface area contributed by atoms with Crippen molar-refractivity contribution in [1.82, 2.24) is 5.48 Å². The predicted molar refractivity (Wildman–Crippen MR) is 237 cm³/mol. The van der Waals surface area contributed by atoms with Crippen LogP contribution in [0.5, 0.6) is 0 Å². The number of hydrogen-bond donors (Lipinski definition) is 2. The summed E-state index contributed by atoms with van der Waals surface area (Å²) in [5.41, 5.74) is 10.4. The average Bonchev–Trinajstić information content (AvgIpc) is 3.20. The van der Waals surface area contributed by atoms with Crippen LogP contribution in [0.4, 0.5) is 0 Å². The zero-order valence-corrected chi connectivity index (χ0v) is 37.7.